The molecule has 6 nitrogen and oxygen atoms in total. The lowest BCUT2D eigenvalue weighted by atomic mass is 9.82. The first kappa shape index (κ1) is 20.8. The van der Waals surface area contributed by atoms with Crippen LogP contribution in [-0.2, 0) is 4.79 Å². The van der Waals surface area contributed by atoms with Crippen LogP contribution in [0.3, 0.4) is 0 Å². The maximum atomic E-state index is 13.1. The van der Waals surface area contributed by atoms with Crippen LogP contribution in [0.4, 0.5) is 0 Å². The van der Waals surface area contributed by atoms with Gasteiger partial charge in [0.1, 0.15) is 11.2 Å². The highest BCUT2D eigenvalue weighted by molar-refractivity contribution is 5.97. The minimum absolute atomic E-state index is 0.110. The molecule has 1 aliphatic rings. The van der Waals surface area contributed by atoms with Gasteiger partial charge in [0.05, 0.1) is 16.5 Å². The summed E-state index contributed by atoms with van der Waals surface area (Å²) in [5.74, 6) is -0.484. The zero-order chi connectivity index (χ0) is 23.1. The first-order valence-corrected chi connectivity index (χ1v) is 11.1. The van der Waals surface area contributed by atoms with Crippen molar-refractivity contribution in [1.29, 1.82) is 0 Å². The Balaban J connectivity index is 1.73. The number of nitrogens with zero attached hydrogens (tertiary/aromatic N) is 1. The van der Waals surface area contributed by atoms with Crippen molar-refractivity contribution in [2.24, 2.45) is 4.99 Å². The van der Waals surface area contributed by atoms with Crippen LogP contribution >= 0.6 is 0 Å². The first-order chi connectivity index (χ1) is 16.0. The number of hydrogen-bond donors (Lipinski definition) is 4. The van der Waals surface area contributed by atoms with Crippen molar-refractivity contribution in [3.63, 3.8) is 0 Å². The van der Waals surface area contributed by atoms with Crippen LogP contribution in [0.1, 0.15) is 42.0 Å². The van der Waals surface area contributed by atoms with E-state index in [1.165, 1.54) is 0 Å². The molecule has 1 unspecified atom stereocenters. The number of para-hydroxylation sites is 1. The number of aromatic amines is 2. The van der Waals surface area contributed by atoms with E-state index in [1.807, 2.05) is 81.6 Å². The van der Waals surface area contributed by atoms with Gasteiger partial charge in [-0.1, -0.05) is 48.0 Å². The third kappa shape index (κ3) is 3.53. The van der Waals surface area contributed by atoms with Crippen LogP contribution in [-0.4, -0.2) is 27.5 Å². The number of nitrogens with one attached hydrogen (secondary N) is 3. The molecule has 0 radical (unpaired) electrons. The highest BCUT2D eigenvalue weighted by Crippen LogP contribution is 2.37. The second-order valence-electron chi connectivity index (χ2n) is 8.40. The number of H-pyrrole nitrogens is 2. The summed E-state index contributed by atoms with van der Waals surface area (Å²) in [5.41, 5.74) is 6.45. The number of likely N-dealkylation sites (N-methyl/N-ethyl adjacent to an activating group) is 1. The lowest BCUT2D eigenvalue weighted by Gasteiger charge is -2.24. The Bertz CT molecular complexity index is 1520. The number of rotatable bonds is 4. The summed E-state index contributed by atoms with van der Waals surface area (Å²) >= 11 is 0. The SMILES string of the molecule is CCNC(=O)C1=C(C)N=c2[nH]c(=Cc3c[nH]c4ccccc34)c(O)c2C1c1ccc(C)cc1. The minimum Gasteiger partial charge on any atom is -0.505 e. The summed E-state index contributed by atoms with van der Waals surface area (Å²) in [6.07, 6.45) is 3.83. The molecule has 1 amide bonds. The molecule has 0 saturated heterocycles. The Labute approximate surface area is 191 Å². The van der Waals surface area contributed by atoms with Crippen LogP contribution in [0.2, 0.25) is 0 Å². The van der Waals surface area contributed by atoms with Crippen molar-refractivity contribution in [2.45, 2.75) is 26.7 Å². The monoisotopic (exact) mass is 438 g/mol. The molecular formula is C27H26N4O2. The average Bonchev–Trinajstić information content (AvgIpc) is 3.35. The molecule has 0 aliphatic carbocycles. The van der Waals surface area contributed by atoms with E-state index in [4.69, 9.17) is 0 Å². The largest absolute Gasteiger partial charge is 0.505 e. The van der Waals surface area contributed by atoms with Gasteiger partial charge in [-0.3, -0.25) is 4.79 Å². The minimum atomic E-state index is -0.425. The van der Waals surface area contributed by atoms with Gasteiger partial charge in [0.25, 0.3) is 0 Å². The predicted octanol–water partition coefficient (Wildman–Crippen LogP) is 3.51. The van der Waals surface area contributed by atoms with E-state index >= 15 is 0 Å². The van der Waals surface area contributed by atoms with E-state index in [9.17, 15) is 9.90 Å². The van der Waals surface area contributed by atoms with Crippen molar-refractivity contribution in [1.82, 2.24) is 15.3 Å². The summed E-state index contributed by atoms with van der Waals surface area (Å²) in [5, 5.41) is 15.9. The third-order valence-electron chi connectivity index (χ3n) is 6.18. The molecule has 0 fully saturated rings. The van der Waals surface area contributed by atoms with Gasteiger partial charge >= 0.3 is 0 Å². The molecule has 4 aromatic rings. The Hall–Kier alpha value is -4.06. The molecule has 1 atom stereocenters. The number of aryl methyl sites for hydroxylation is 1. The molecule has 1 aliphatic heterocycles. The van der Waals surface area contributed by atoms with Crippen LogP contribution in [0, 0.1) is 6.92 Å². The zero-order valence-corrected chi connectivity index (χ0v) is 18.9. The van der Waals surface area contributed by atoms with Crippen molar-refractivity contribution in [2.75, 3.05) is 6.54 Å². The van der Waals surface area contributed by atoms with Crippen molar-refractivity contribution in [3.8, 4) is 5.75 Å². The fourth-order valence-corrected chi connectivity index (χ4v) is 4.57. The maximum Gasteiger partial charge on any atom is 0.250 e. The van der Waals surface area contributed by atoms with Gasteiger partial charge in [0.2, 0.25) is 5.91 Å². The van der Waals surface area contributed by atoms with Crippen molar-refractivity contribution >= 4 is 22.9 Å². The van der Waals surface area contributed by atoms with Crippen molar-refractivity contribution in [3.05, 3.63) is 99.1 Å². The molecule has 33 heavy (non-hydrogen) atoms. The van der Waals surface area contributed by atoms with E-state index in [0.29, 0.717) is 34.2 Å². The first-order valence-electron chi connectivity index (χ1n) is 11.1. The van der Waals surface area contributed by atoms with Crippen LogP contribution < -0.4 is 16.2 Å². The van der Waals surface area contributed by atoms with E-state index in [-0.39, 0.29) is 11.7 Å². The van der Waals surface area contributed by atoms with E-state index in [1.54, 1.807) is 0 Å². The van der Waals surface area contributed by atoms with Gasteiger partial charge in [0, 0.05) is 40.8 Å². The van der Waals surface area contributed by atoms with Crippen molar-refractivity contribution < 1.29 is 9.90 Å². The number of amides is 1. The number of aromatic nitrogens is 2. The number of aromatic hydroxyl groups is 1. The summed E-state index contributed by atoms with van der Waals surface area (Å²) < 4.78 is 0. The molecule has 0 spiro atoms. The molecule has 0 bridgehead atoms. The summed E-state index contributed by atoms with van der Waals surface area (Å²) in [6, 6.07) is 16.1. The lowest BCUT2D eigenvalue weighted by Crippen LogP contribution is -2.32. The average molecular weight is 439 g/mol. The number of carbonyl (C=O) groups excluding carboxylic acids is 1. The standard InChI is InChI=1S/C27H26N4O2/c1-4-28-27(33)22-16(3)30-26-24(23(22)17-11-9-15(2)10-12-17)25(32)21(31-26)13-18-14-29-20-8-6-5-7-19(18)20/h5-14,23,29,32H,4H2,1-3H3,(H,28,33)(H,30,31). The number of fused-ring (bicyclic) bond motifs is 2. The zero-order valence-electron chi connectivity index (χ0n) is 18.9. The predicted molar refractivity (Wildman–Crippen MR) is 130 cm³/mol. The molecule has 166 valence electrons. The van der Waals surface area contributed by atoms with Crippen LogP contribution in [0.15, 0.2) is 71.0 Å². The quantitative estimate of drug-likeness (QED) is 0.393. The molecule has 4 N–H and O–H groups in total. The lowest BCUT2D eigenvalue weighted by molar-refractivity contribution is -0.117. The fraction of sp³-hybridized carbons (Fsp3) is 0.185. The van der Waals surface area contributed by atoms with Gasteiger partial charge in [-0.2, -0.15) is 0 Å². The molecule has 6 heteroatoms. The summed E-state index contributed by atoms with van der Waals surface area (Å²) in [7, 11) is 0. The number of allylic oxidation sites excluding steroid dienone is 1. The fourth-order valence-electron chi connectivity index (χ4n) is 4.57. The second-order valence-corrected chi connectivity index (χ2v) is 8.40. The molecule has 2 aromatic carbocycles. The number of benzene rings is 2. The molecule has 5 rings (SSSR count). The van der Waals surface area contributed by atoms with Crippen LogP contribution in [0.5, 0.6) is 5.75 Å². The molecule has 3 heterocycles. The number of hydrogen-bond acceptors (Lipinski definition) is 3. The third-order valence-corrected chi connectivity index (χ3v) is 6.18. The summed E-state index contributed by atoms with van der Waals surface area (Å²) in [6.45, 7) is 6.28. The summed E-state index contributed by atoms with van der Waals surface area (Å²) in [4.78, 5) is 24.3. The van der Waals surface area contributed by atoms with E-state index in [2.05, 4.69) is 20.3 Å². The van der Waals surface area contributed by atoms with Gasteiger partial charge in [0.15, 0.2) is 0 Å². The topological polar surface area (TPSA) is 93.3 Å². The van der Waals surface area contributed by atoms with Gasteiger partial charge in [-0.05, 0) is 38.5 Å². The molecular weight excluding hydrogens is 412 g/mol. The molecule has 2 aromatic heterocycles. The highest BCUT2D eigenvalue weighted by atomic mass is 16.3. The number of carbonyl (C=O) groups is 1. The smallest absolute Gasteiger partial charge is 0.250 e. The van der Waals surface area contributed by atoms with Gasteiger partial charge in [-0.15, -0.1) is 0 Å². The van der Waals surface area contributed by atoms with E-state index < -0.39 is 5.92 Å². The van der Waals surface area contributed by atoms with Crippen LogP contribution in [0.25, 0.3) is 17.0 Å². The van der Waals surface area contributed by atoms with Gasteiger partial charge in [-0.25, -0.2) is 4.99 Å². The highest BCUT2D eigenvalue weighted by Gasteiger charge is 2.33. The second kappa shape index (κ2) is 8.13. The Morgan fingerprint density at radius 2 is 1.91 bits per heavy atom. The van der Waals surface area contributed by atoms with E-state index in [0.717, 1.165) is 27.6 Å². The van der Waals surface area contributed by atoms with Gasteiger partial charge < -0.3 is 20.4 Å². The normalized spacial score (nSPS) is 16.1. The Morgan fingerprint density at radius 1 is 1.15 bits per heavy atom. The Kier molecular flexibility index (Phi) is 5.13. The Morgan fingerprint density at radius 3 is 2.67 bits per heavy atom. The maximum absolute atomic E-state index is 13.1. The molecule has 0 saturated carbocycles.